The van der Waals surface area contributed by atoms with E-state index in [1.807, 2.05) is 36.4 Å². The van der Waals surface area contributed by atoms with E-state index in [9.17, 15) is 14.4 Å². The van der Waals surface area contributed by atoms with Crippen molar-refractivity contribution < 1.29 is 24.2 Å². The van der Waals surface area contributed by atoms with Crippen molar-refractivity contribution in [2.75, 3.05) is 25.1 Å². The summed E-state index contributed by atoms with van der Waals surface area (Å²) in [5.74, 6) is 3.49. The number of carboxylic acids is 1. The van der Waals surface area contributed by atoms with Crippen LogP contribution < -0.4 is 10.2 Å². The summed E-state index contributed by atoms with van der Waals surface area (Å²) in [6.07, 6.45) is -0.610. The lowest BCUT2D eigenvalue weighted by Crippen LogP contribution is -2.27. The highest BCUT2D eigenvalue weighted by molar-refractivity contribution is 6.05. The van der Waals surface area contributed by atoms with Gasteiger partial charge in [0.1, 0.15) is 6.61 Å². The highest BCUT2D eigenvalue weighted by Gasteiger charge is 2.28. The molecule has 34 heavy (non-hydrogen) atoms. The standard InChI is InChI=1S/C27H22N2O5/c1-29(19-14-12-18(13-15-19)26(31)32)25(30)11-6-16-28-27(33)34-17-24-22-9-4-2-7-20(22)21-8-3-5-10-23(21)24/h2-5,7-10,12-15,24H,16-17H2,1H3,(H,28,33)(H,31,32). The maximum absolute atomic E-state index is 12.2. The van der Waals surface area contributed by atoms with Crippen molar-refractivity contribution in [3.05, 3.63) is 89.5 Å². The number of hydrogen-bond acceptors (Lipinski definition) is 4. The van der Waals surface area contributed by atoms with Crippen molar-refractivity contribution in [2.45, 2.75) is 5.92 Å². The molecule has 0 saturated carbocycles. The summed E-state index contributed by atoms with van der Waals surface area (Å²) in [7, 11) is 1.53. The van der Waals surface area contributed by atoms with Crippen LogP contribution in [-0.4, -0.2) is 43.3 Å². The molecule has 2 N–H and O–H groups in total. The fourth-order valence-electron chi connectivity index (χ4n) is 3.91. The van der Waals surface area contributed by atoms with Crippen LogP contribution in [0.15, 0.2) is 72.8 Å². The summed E-state index contributed by atoms with van der Waals surface area (Å²) in [6.45, 7) is 0.148. The number of amides is 2. The van der Waals surface area contributed by atoms with Crippen molar-refractivity contribution in [2.24, 2.45) is 0 Å². The molecule has 0 aromatic heterocycles. The van der Waals surface area contributed by atoms with Gasteiger partial charge in [-0.25, -0.2) is 9.59 Å². The van der Waals surface area contributed by atoms with Crippen LogP contribution >= 0.6 is 0 Å². The number of nitrogens with zero attached hydrogens (tertiary/aromatic N) is 1. The Labute approximate surface area is 197 Å². The Balaban J connectivity index is 1.28. The number of hydrogen-bond donors (Lipinski definition) is 2. The lowest BCUT2D eigenvalue weighted by atomic mass is 9.98. The number of alkyl carbamates (subject to hydrolysis) is 1. The number of carbonyl (C=O) groups is 3. The van der Waals surface area contributed by atoms with Crippen molar-refractivity contribution in [3.8, 4) is 23.0 Å². The summed E-state index contributed by atoms with van der Waals surface area (Å²) in [4.78, 5) is 36.6. The van der Waals surface area contributed by atoms with Gasteiger partial charge in [0, 0.05) is 18.7 Å². The summed E-state index contributed by atoms with van der Waals surface area (Å²) in [6, 6.07) is 22.0. The summed E-state index contributed by atoms with van der Waals surface area (Å²) in [5.41, 5.74) is 5.19. The first-order valence-electron chi connectivity index (χ1n) is 10.6. The molecular formula is C27H22N2O5. The molecule has 1 aliphatic carbocycles. The fourth-order valence-corrected chi connectivity index (χ4v) is 3.91. The molecule has 7 nitrogen and oxygen atoms in total. The third-order valence-corrected chi connectivity index (χ3v) is 5.67. The molecule has 0 radical (unpaired) electrons. The van der Waals surface area contributed by atoms with E-state index in [4.69, 9.17) is 9.84 Å². The average Bonchev–Trinajstić information content (AvgIpc) is 3.18. The van der Waals surface area contributed by atoms with Gasteiger partial charge in [-0.05, 0) is 52.4 Å². The minimum Gasteiger partial charge on any atom is -0.478 e. The second-order valence-corrected chi connectivity index (χ2v) is 7.70. The molecule has 0 saturated heterocycles. The van der Waals surface area contributed by atoms with Gasteiger partial charge < -0.3 is 20.1 Å². The van der Waals surface area contributed by atoms with Gasteiger partial charge in [-0.2, -0.15) is 0 Å². The zero-order valence-electron chi connectivity index (χ0n) is 18.4. The Morgan fingerprint density at radius 1 is 0.941 bits per heavy atom. The van der Waals surface area contributed by atoms with E-state index in [1.54, 1.807) is 0 Å². The highest BCUT2D eigenvalue weighted by atomic mass is 16.5. The molecule has 170 valence electrons. The van der Waals surface area contributed by atoms with Crippen LogP contribution in [0.2, 0.25) is 0 Å². The number of aromatic carboxylic acids is 1. The van der Waals surface area contributed by atoms with Crippen molar-refractivity contribution >= 4 is 23.7 Å². The topological polar surface area (TPSA) is 95.9 Å². The van der Waals surface area contributed by atoms with Gasteiger partial charge in [0.2, 0.25) is 0 Å². The second-order valence-electron chi connectivity index (χ2n) is 7.70. The number of nitrogens with one attached hydrogen (secondary N) is 1. The molecule has 0 spiro atoms. The molecule has 0 heterocycles. The first kappa shape index (κ1) is 22.6. The van der Waals surface area contributed by atoms with E-state index in [0.29, 0.717) is 5.69 Å². The Morgan fingerprint density at radius 2 is 1.53 bits per heavy atom. The quantitative estimate of drug-likeness (QED) is 0.571. The van der Waals surface area contributed by atoms with Crippen LogP contribution in [0.4, 0.5) is 10.5 Å². The molecule has 0 atom stereocenters. The maximum Gasteiger partial charge on any atom is 0.407 e. The Morgan fingerprint density at radius 3 is 2.12 bits per heavy atom. The van der Waals surface area contributed by atoms with E-state index in [2.05, 4.69) is 29.3 Å². The van der Waals surface area contributed by atoms with Crippen LogP contribution in [-0.2, 0) is 9.53 Å². The lowest BCUT2D eigenvalue weighted by molar-refractivity contribution is -0.113. The molecule has 3 aromatic carbocycles. The third-order valence-electron chi connectivity index (χ3n) is 5.67. The second kappa shape index (κ2) is 9.92. The lowest BCUT2D eigenvalue weighted by Gasteiger charge is -2.14. The molecule has 2 amide bonds. The van der Waals surface area contributed by atoms with Crippen molar-refractivity contribution in [1.82, 2.24) is 5.32 Å². The zero-order valence-corrected chi connectivity index (χ0v) is 18.4. The van der Waals surface area contributed by atoms with Crippen LogP contribution in [0.1, 0.15) is 27.4 Å². The van der Waals surface area contributed by atoms with Crippen LogP contribution in [0, 0.1) is 11.8 Å². The van der Waals surface area contributed by atoms with Gasteiger partial charge in [0.15, 0.2) is 0 Å². The van der Waals surface area contributed by atoms with E-state index < -0.39 is 18.0 Å². The first-order valence-corrected chi connectivity index (χ1v) is 10.6. The normalized spacial score (nSPS) is 11.4. The molecule has 0 aliphatic heterocycles. The Hall–Kier alpha value is -4.57. The Bertz CT molecular complexity index is 1260. The summed E-state index contributed by atoms with van der Waals surface area (Å²) >= 11 is 0. The third kappa shape index (κ3) is 4.76. The number of rotatable bonds is 5. The summed E-state index contributed by atoms with van der Waals surface area (Å²) in [5, 5.41) is 11.5. The molecule has 0 fully saturated rings. The van der Waals surface area contributed by atoms with Gasteiger partial charge in [-0.15, -0.1) is 0 Å². The van der Waals surface area contributed by atoms with Gasteiger partial charge in [0.05, 0.1) is 12.1 Å². The monoisotopic (exact) mass is 454 g/mol. The zero-order chi connectivity index (χ0) is 24.1. The molecule has 4 rings (SSSR count). The van der Waals surface area contributed by atoms with E-state index in [0.717, 1.165) is 22.3 Å². The van der Waals surface area contributed by atoms with Gasteiger partial charge in [-0.3, -0.25) is 4.79 Å². The maximum atomic E-state index is 12.2. The molecule has 7 heteroatoms. The summed E-state index contributed by atoms with van der Waals surface area (Å²) < 4.78 is 5.43. The molecule has 0 unspecified atom stereocenters. The SMILES string of the molecule is CN(C(=O)C#CCNC(=O)OCC1c2ccccc2-c2ccccc21)c1ccc(C(=O)O)cc1. The number of anilines is 1. The predicted octanol–water partition coefficient (Wildman–Crippen LogP) is 3.89. The first-order chi connectivity index (χ1) is 16.5. The number of ether oxygens (including phenoxy) is 1. The van der Waals surface area contributed by atoms with Crippen LogP contribution in [0.5, 0.6) is 0 Å². The highest BCUT2D eigenvalue weighted by Crippen LogP contribution is 2.44. The molecule has 1 aliphatic rings. The van der Waals surface area contributed by atoms with Gasteiger partial charge in [-0.1, -0.05) is 54.5 Å². The number of carbonyl (C=O) groups excluding carboxylic acids is 2. The van der Waals surface area contributed by atoms with Crippen molar-refractivity contribution in [3.63, 3.8) is 0 Å². The van der Waals surface area contributed by atoms with Gasteiger partial charge >= 0.3 is 18.0 Å². The minimum atomic E-state index is -1.04. The molecule has 0 bridgehead atoms. The molecular weight excluding hydrogens is 432 g/mol. The van der Waals surface area contributed by atoms with Gasteiger partial charge in [0.25, 0.3) is 0 Å². The number of carboxylic acid groups (broad SMARTS) is 1. The van der Waals surface area contributed by atoms with E-state index >= 15 is 0 Å². The minimum absolute atomic E-state index is 0.0352. The number of benzene rings is 3. The Kier molecular flexibility index (Phi) is 6.60. The molecule has 3 aromatic rings. The van der Waals surface area contributed by atoms with Crippen LogP contribution in [0.3, 0.4) is 0 Å². The predicted molar refractivity (Wildman–Crippen MR) is 128 cm³/mol. The van der Waals surface area contributed by atoms with E-state index in [-0.39, 0.29) is 24.6 Å². The smallest absolute Gasteiger partial charge is 0.407 e. The van der Waals surface area contributed by atoms with Crippen molar-refractivity contribution in [1.29, 1.82) is 0 Å². The fraction of sp³-hybridized carbons (Fsp3) is 0.148. The van der Waals surface area contributed by atoms with Crippen LogP contribution in [0.25, 0.3) is 11.1 Å². The average molecular weight is 454 g/mol. The largest absolute Gasteiger partial charge is 0.478 e. The number of fused-ring (bicyclic) bond motifs is 3. The van der Waals surface area contributed by atoms with E-state index in [1.165, 1.54) is 36.2 Å².